The number of rotatable bonds is 0. The predicted molar refractivity (Wildman–Crippen MR) is 1910 cm³/mol. The van der Waals surface area contributed by atoms with Gasteiger partial charge in [-0.1, -0.05) is 0 Å². The molecular weight excluding hydrogens is 15900 g/mol. The third-order valence-electron chi connectivity index (χ3n) is 0. The second-order valence-corrected chi connectivity index (χ2v) is 0. The van der Waals surface area contributed by atoms with Gasteiger partial charge < -0.3 is 24.0 Å². The van der Waals surface area contributed by atoms with Crippen LogP contribution in [0.5, 0.6) is 0 Å². The Morgan fingerprint density at radius 3 is 0.0238 bits per heavy atom. The molecule has 0 spiro atoms. The molecule has 0 aliphatic rings. The number of hydrogen-bond acceptors (Lipinski definition) is 0. The Bertz CT molecular complexity index is 8.41. The largest absolute Gasteiger partial charge is 1.00 e. The summed E-state index contributed by atoms with van der Waals surface area (Å²) in [4.78, 5) is 0. The number of hydrogen-bond donors (Lipinski definition) is 0. The maximum Gasteiger partial charge on any atom is 1.00 e. The van der Waals surface area contributed by atoms with Crippen molar-refractivity contribution >= 4 is 2970 Å². The molecule has 126 heteroatoms. The van der Waals surface area contributed by atoms with Crippen LogP contribution in [0.15, 0.2) is 0 Å². The Hall–Kier alpha value is 92.3. The average Bonchev–Trinajstić information content (AvgIpc) is 0. The summed E-state index contributed by atoms with van der Waals surface area (Å²) in [6.45, 7) is 0. The summed E-state index contributed by atoms with van der Waals surface area (Å²) in [5.74, 6) is 0. The van der Waals surface area contributed by atoms with Crippen molar-refractivity contribution in [2.75, 3.05) is 0 Å². The Labute approximate surface area is 2920 Å². The van der Waals surface area contributed by atoms with Crippen LogP contribution >= 0.6 is 2970 Å². The van der Waals surface area contributed by atoms with Crippen LogP contribution in [-0.2, 0) is 0 Å². The van der Waals surface area contributed by atoms with Crippen LogP contribution in [0, 0.1) is 0 Å². The Balaban J connectivity index is 0. The maximum atomic E-state index is 0. The van der Waals surface area contributed by atoms with Gasteiger partial charge in [0.05, 0.1) is 0 Å². The predicted octanol–water partition coefficient (Wildman–Crippen LogP) is 70.6. The molecule has 0 saturated heterocycles. The van der Waals surface area contributed by atoms with Gasteiger partial charge in [-0.3, -0.25) is 0 Å². The van der Waals surface area contributed by atoms with Gasteiger partial charge in [-0.15, -0.1) is 2970 Å². The van der Waals surface area contributed by atoms with E-state index in [4.69, 9.17) is 0 Å². The van der Waals surface area contributed by atoms with Gasteiger partial charge >= 0.3 is 29.6 Å². The van der Waals surface area contributed by atoms with Crippen molar-refractivity contribution in [2.45, 2.75) is 0 Å². The fourth-order valence-electron chi connectivity index (χ4n) is 0. The minimum atomic E-state index is 0. The molecule has 126 heavy (non-hydrogen) atoms. The molecule has 0 heterocycles. The van der Waals surface area contributed by atoms with Gasteiger partial charge in [0, 0.05) is 0 Å². The zero-order chi connectivity index (χ0) is 0. The van der Waals surface area contributed by atoms with E-state index in [9.17, 15) is 0 Å². The Kier molecular flexibility index (Phi) is 11500. The molecule has 0 bridgehead atoms. The van der Waals surface area contributed by atoms with E-state index in [1.54, 1.807) is 0 Å². The van der Waals surface area contributed by atoms with E-state index >= 15 is 0 Å². The van der Waals surface area contributed by atoms with E-state index in [2.05, 4.69) is 0 Å². The molecule has 0 radical (unpaired) electrons. The zero-order valence-electron chi connectivity index (χ0n) is 52.0. The van der Waals surface area contributed by atoms with E-state index in [1.165, 1.54) is 0 Å². The molecule has 0 amide bonds. The normalized spacial score (nSPS) is 0. The maximum absolute atomic E-state index is 0. The fourth-order valence-corrected chi connectivity index (χ4v) is 0. The van der Waals surface area contributed by atoms with Crippen LogP contribution in [0.3, 0.4) is 0 Å². The van der Waals surface area contributed by atoms with E-state index in [0.717, 1.165) is 0 Å². The van der Waals surface area contributed by atoms with Gasteiger partial charge in [-0.05, 0) is 0 Å². The van der Waals surface area contributed by atoms with E-state index in [1.807, 2.05) is 0 Å². The first kappa shape index (κ1) is 1210. The Morgan fingerprint density at radius 1 is 0.0238 bits per heavy atom. The zero-order valence-corrected chi connectivity index (χ0v) is 345. The van der Waals surface area contributed by atoms with Crippen molar-refractivity contribution in [1.29, 1.82) is 0 Å². The minimum absolute atomic E-state index is 0. The molecule has 0 saturated carbocycles. The van der Waals surface area contributed by atoms with Crippen molar-refractivity contribution in [1.82, 2.24) is 0 Å². The SMILES string of the molecule is I.I.I.I.I.I.I.I.I.I.I.I.I.I.I.I.I.I.I.I.I.I.I.I.I.I.I.I.I.I.I.I.I.I.I.I.I.I.I.I.I.I.I.I.I.I.I.I.I.I.I.I.I.I.I.I.I.I.I.I.I.I.I.I.I.I.I.I.I.I.I.I.I.I.I.I.I.I.I.I.I.I.I.I.I.I.I.I.I.I.I.I.I.I.I.I.I.I.I.I.I.I.I.I.I.I.I.I.I.I.I.I.I.I.I.I.I.I.I.I.I.I.I.I.[I-].[Na+]. The van der Waals surface area contributed by atoms with Crippen molar-refractivity contribution in [3.05, 3.63) is 0 Å². The van der Waals surface area contributed by atoms with Crippen molar-refractivity contribution in [3.8, 4) is 0 Å². The van der Waals surface area contributed by atoms with Crippen LogP contribution in [0.25, 0.3) is 0 Å². The summed E-state index contributed by atoms with van der Waals surface area (Å²) >= 11 is 0. The molecule has 0 atom stereocenters. The van der Waals surface area contributed by atoms with Gasteiger partial charge in [0.25, 0.3) is 0 Å². The van der Waals surface area contributed by atoms with Crippen LogP contribution in [0.1, 0.15) is 0 Å². The molecule has 0 N–H and O–H groups in total. The fraction of sp³-hybridized carbons (Fsp3) is 0. The molecule has 0 unspecified atom stereocenters. The minimum Gasteiger partial charge on any atom is -1.00 e. The van der Waals surface area contributed by atoms with Crippen LogP contribution in [0.2, 0.25) is 0 Å². The molecule has 0 fully saturated rings. The van der Waals surface area contributed by atoms with Crippen LogP contribution in [0.4, 0.5) is 0 Å². The second kappa shape index (κ2) is 1190. The van der Waals surface area contributed by atoms with Gasteiger partial charge in [-0.25, -0.2) is 0 Å². The van der Waals surface area contributed by atoms with Crippen molar-refractivity contribution in [2.24, 2.45) is 0 Å². The van der Waals surface area contributed by atoms with Gasteiger partial charge in [0.15, 0.2) is 0 Å². The van der Waals surface area contributed by atoms with Gasteiger partial charge in [0.1, 0.15) is 0 Å². The summed E-state index contributed by atoms with van der Waals surface area (Å²) < 4.78 is 0. The molecule has 0 aliphatic heterocycles. The summed E-state index contributed by atoms with van der Waals surface area (Å²) in [5.41, 5.74) is 0. The average molecular weight is 16000 g/mol. The molecule has 0 aromatic rings. The van der Waals surface area contributed by atoms with Crippen LogP contribution in [-0.4, -0.2) is 0 Å². The monoisotopic (exact) mass is 16000 g/mol. The second-order valence-electron chi connectivity index (χ2n) is 0. The molecule has 0 aliphatic carbocycles. The Morgan fingerprint density at radius 2 is 0.0238 bits per heavy atom. The van der Waals surface area contributed by atoms with Crippen molar-refractivity contribution in [3.63, 3.8) is 0 Å². The summed E-state index contributed by atoms with van der Waals surface area (Å²) in [6.07, 6.45) is 0. The van der Waals surface area contributed by atoms with Crippen molar-refractivity contribution < 1.29 is 53.5 Å². The molecular formula is H124I125Na. The van der Waals surface area contributed by atoms with E-state index in [0.29, 0.717) is 0 Å². The van der Waals surface area contributed by atoms with Gasteiger partial charge in [-0.2, -0.15) is 0 Å². The topological polar surface area (TPSA) is 0 Å². The van der Waals surface area contributed by atoms with E-state index < -0.39 is 0 Å². The molecule has 0 rings (SSSR count). The molecule has 0 nitrogen and oxygen atoms in total. The third kappa shape index (κ3) is 1180. The molecule has 0 aromatic heterocycles. The van der Waals surface area contributed by atoms with E-state index in [-0.39, 0.29) is 3030 Å². The van der Waals surface area contributed by atoms with Gasteiger partial charge in [0.2, 0.25) is 0 Å². The van der Waals surface area contributed by atoms with Crippen LogP contribution < -0.4 is 53.5 Å². The third-order valence-corrected chi connectivity index (χ3v) is 0. The molecule has 0 aromatic carbocycles. The smallest absolute Gasteiger partial charge is 1.00 e. The first-order chi connectivity index (χ1) is 0. The standard InChI is InChI=1S/125HI.Na/h125*1H;/q;;;;;;;;;;;;;;;;;;;;;;;;;;;;;;;;;;;;;;;;;;;;;;;;;;;;;;;;;;;;;;;;;;;;;;;;;;;;;;;;;;;;;;;;;;;;;;;;;;;;;;;;;;;;;;;;;;;;;;;;;;;;;+1/p-1. The summed E-state index contributed by atoms with van der Waals surface area (Å²) in [6, 6.07) is 0. The summed E-state index contributed by atoms with van der Waals surface area (Å²) in [7, 11) is 0. The first-order valence-electron chi connectivity index (χ1n) is 0. The summed E-state index contributed by atoms with van der Waals surface area (Å²) in [5, 5.41) is 0. The first-order valence-corrected chi connectivity index (χ1v) is 0. The number of halogens is 125. The quantitative estimate of drug-likeness (QED) is 0.168. The molecule has 1000 valence electrons.